The highest BCUT2D eigenvalue weighted by Crippen LogP contribution is 2.17. The molecule has 2 amide bonds. The molecule has 0 aliphatic carbocycles. The molecule has 0 radical (unpaired) electrons. The Morgan fingerprint density at radius 2 is 2.09 bits per heavy atom. The fourth-order valence-electron chi connectivity index (χ4n) is 2.59. The topological polar surface area (TPSA) is 61.4 Å². The van der Waals surface area contributed by atoms with Crippen molar-refractivity contribution in [1.82, 2.24) is 15.5 Å². The average molecular weight is 329 g/mol. The number of hydrogen-bond acceptors (Lipinski definition) is 4. The number of hydrogen-bond donors (Lipinski definition) is 2. The zero-order valence-corrected chi connectivity index (χ0v) is 13.8. The normalized spacial score (nSPS) is 12.7. The van der Waals surface area contributed by atoms with Crippen LogP contribution >= 0.6 is 11.3 Å². The first-order chi connectivity index (χ1) is 11.1. The summed E-state index contributed by atoms with van der Waals surface area (Å²) >= 11 is 1.38. The van der Waals surface area contributed by atoms with Crippen LogP contribution < -0.4 is 10.6 Å². The molecule has 1 aromatic carbocycles. The van der Waals surface area contributed by atoms with Gasteiger partial charge in [-0.3, -0.25) is 9.59 Å². The van der Waals surface area contributed by atoms with Crippen LogP contribution in [0.5, 0.6) is 0 Å². The van der Waals surface area contributed by atoms with E-state index in [4.69, 9.17) is 0 Å². The predicted molar refractivity (Wildman–Crippen MR) is 90.1 cm³/mol. The number of thiophene rings is 1. The van der Waals surface area contributed by atoms with Crippen molar-refractivity contribution in [2.24, 2.45) is 0 Å². The number of likely N-dealkylation sites (N-methyl/N-ethyl adjacent to an activating group) is 1. The molecule has 2 N–H and O–H groups in total. The highest BCUT2D eigenvalue weighted by atomic mass is 32.1. The van der Waals surface area contributed by atoms with Gasteiger partial charge in [-0.1, -0.05) is 24.3 Å². The van der Waals surface area contributed by atoms with Gasteiger partial charge in [0.1, 0.15) is 0 Å². The molecule has 0 spiro atoms. The van der Waals surface area contributed by atoms with E-state index in [2.05, 4.69) is 22.8 Å². The lowest BCUT2D eigenvalue weighted by Gasteiger charge is -2.16. The first-order valence-corrected chi connectivity index (χ1v) is 8.38. The fourth-order valence-corrected chi connectivity index (χ4v) is 3.31. The van der Waals surface area contributed by atoms with Crippen LogP contribution in [-0.4, -0.2) is 30.3 Å². The molecule has 3 rings (SSSR count). The Labute approximate surface area is 139 Å². The zero-order valence-electron chi connectivity index (χ0n) is 13.0. The van der Waals surface area contributed by atoms with Crippen LogP contribution in [0.15, 0.2) is 35.7 Å². The van der Waals surface area contributed by atoms with Crippen LogP contribution in [0.1, 0.15) is 26.4 Å². The maximum absolute atomic E-state index is 12.1. The van der Waals surface area contributed by atoms with Gasteiger partial charge in [0, 0.05) is 26.7 Å². The number of benzene rings is 1. The summed E-state index contributed by atoms with van der Waals surface area (Å²) in [6.45, 7) is 2.34. The van der Waals surface area contributed by atoms with Gasteiger partial charge in [-0.2, -0.15) is 0 Å². The van der Waals surface area contributed by atoms with E-state index in [0.717, 1.165) is 18.7 Å². The van der Waals surface area contributed by atoms with Gasteiger partial charge in [-0.25, -0.2) is 0 Å². The predicted octanol–water partition coefficient (Wildman–Crippen LogP) is 1.74. The molecule has 2 heterocycles. The molecular formula is C17H19N3O2S. The third kappa shape index (κ3) is 3.78. The molecule has 23 heavy (non-hydrogen) atoms. The molecule has 5 nitrogen and oxygen atoms in total. The van der Waals surface area contributed by atoms with Crippen molar-refractivity contribution in [2.75, 3.05) is 13.6 Å². The Morgan fingerprint density at radius 1 is 1.26 bits per heavy atom. The Balaban J connectivity index is 1.50. The van der Waals surface area contributed by atoms with Crippen molar-refractivity contribution >= 4 is 23.2 Å². The Kier molecular flexibility index (Phi) is 4.73. The van der Waals surface area contributed by atoms with E-state index >= 15 is 0 Å². The lowest BCUT2D eigenvalue weighted by molar-refractivity contribution is -0.121. The van der Waals surface area contributed by atoms with Gasteiger partial charge in [0.05, 0.1) is 11.4 Å². The molecule has 0 fully saturated rings. The number of carbonyl (C=O) groups excluding carboxylic acids is 2. The van der Waals surface area contributed by atoms with E-state index in [-0.39, 0.29) is 18.4 Å². The van der Waals surface area contributed by atoms with Crippen molar-refractivity contribution < 1.29 is 9.59 Å². The molecule has 0 saturated heterocycles. The monoisotopic (exact) mass is 329 g/mol. The van der Waals surface area contributed by atoms with Crippen molar-refractivity contribution in [3.8, 4) is 0 Å². The molecular weight excluding hydrogens is 310 g/mol. The maximum atomic E-state index is 12.1. The molecule has 0 bridgehead atoms. The first-order valence-electron chi connectivity index (χ1n) is 7.50. The number of amides is 2. The molecule has 6 heteroatoms. The third-order valence-electron chi connectivity index (χ3n) is 3.85. The van der Waals surface area contributed by atoms with Gasteiger partial charge in [0.25, 0.3) is 5.91 Å². The number of fused-ring (bicyclic) bond motifs is 1. The summed E-state index contributed by atoms with van der Waals surface area (Å²) in [5, 5.41) is 8.02. The van der Waals surface area contributed by atoms with Gasteiger partial charge in [0.15, 0.2) is 0 Å². The van der Waals surface area contributed by atoms with Gasteiger partial charge in [-0.15, -0.1) is 11.3 Å². The first kappa shape index (κ1) is 15.7. The lowest BCUT2D eigenvalue weighted by Crippen LogP contribution is -2.37. The highest BCUT2D eigenvalue weighted by Gasteiger charge is 2.16. The SMILES string of the molecule is CN(CC(=O)NCc1ccc2c(c1)CNC2)C(=O)c1cccs1. The standard InChI is InChI=1S/C17H19N3O2S/c1-20(17(22)15-3-2-6-23-15)11-16(21)19-8-12-4-5-13-9-18-10-14(13)7-12/h2-7,18H,8-11H2,1H3,(H,19,21). The van der Waals surface area contributed by atoms with Gasteiger partial charge in [0.2, 0.25) is 5.91 Å². The van der Waals surface area contributed by atoms with Crippen LogP contribution in [0.25, 0.3) is 0 Å². The smallest absolute Gasteiger partial charge is 0.264 e. The molecule has 2 aromatic rings. The van der Waals surface area contributed by atoms with Crippen LogP contribution in [0.4, 0.5) is 0 Å². The third-order valence-corrected chi connectivity index (χ3v) is 4.71. The molecule has 1 aliphatic heterocycles. The van der Waals surface area contributed by atoms with Crippen LogP contribution in [-0.2, 0) is 24.4 Å². The molecule has 0 saturated carbocycles. The van der Waals surface area contributed by atoms with E-state index in [1.165, 1.54) is 27.4 Å². The second kappa shape index (κ2) is 6.93. The summed E-state index contributed by atoms with van der Waals surface area (Å²) in [6, 6.07) is 9.85. The van der Waals surface area contributed by atoms with Gasteiger partial charge in [-0.05, 0) is 28.1 Å². The summed E-state index contributed by atoms with van der Waals surface area (Å²) in [4.78, 5) is 26.2. The summed E-state index contributed by atoms with van der Waals surface area (Å²) in [5.41, 5.74) is 3.69. The van der Waals surface area contributed by atoms with E-state index in [0.29, 0.717) is 11.4 Å². The van der Waals surface area contributed by atoms with Crippen molar-refractivity contribution in [1.29, 1.82) is 0 Å². The van der Waals surface area contributed by atoms with E-state index in [1.807, 2.05) is 17.5 Å². The summed E-state index contributed by atoms with van der Waals surface area (Å²) < 4.78 is 0. The maximum Gasteiger partial charge on any atom is 0.264 e. The van der Waals surface area contributed by atoms with E-state index in [9.17, 15) is 9.59 Å². The molecule has 1 aliphatic rings. The Hall–Kier alpha value is -2.18. The van der Waals surface area contributed by atoms with Gasteiger partial charge >= 0.3 is 0 Å². The lowest BCUT2D eigenvalue weighted by atomic mass is 10.1. The molecule has 1 aromatic heterocycles. The summed E-state index contributed by atoms with van der Waals surface area (Å²) in [5.74, 6) is -0.283. The van der Waals surface area contributed by atoms with E-state index in [1.54, 1.807) is 13.1 Å². The largest absolute Gasteiger partial charge is 0.350 e. The van der Waals surface area contributed by atoms with Crippen molar-refractivity contribution in [2.45, 2.75) is 19.6 Å². The van der Waals surface area contributed by atoms with Gasteiger partial charge < -0.3 is 15.5 Å². The average Bonchev–Trinajstić information content (AvgIpc) is 3.22. The fraction of sp³-hybridized carbons (Fsp3) is 0.294. The Bertz CT molecular complexity index is 713. The minimum Gasteiger partial charge on any atom is -0.350 e. The molecule has 0 unspecified atom stereocenters. The number of nitrogens with zero attached hydrogens (tertiary/aromatic N) is 1. The zero-order chi connectivity index (χ0) is 16.2. The minimum absolute atomic E-state index is 0.0588. The van der Waals surface area contributed by atoms with Crippen LogP contribution in [0, 0.1) is 0 Å². The van der Waals surface area contributed by atoms with Crippen molar-refractivity contribution in [3.63, 3.8) is 0 Å². The number of rotatable bonds is 5. The summed E-state index contributed by atoms with van der Waals surface area (Å²) in [6.07, 6.45) is 0. The van der Waals surface area contributed by atoms with E-state index < -0.39 is 0 Å². The Morgan fingerprint density at radius 3 is 2.87 bits per heavy atom. The van der Waals surface area contributed by atoms with Crippen LogP contribution in [0.2, 0.25) is 0 Å². The summed E-state index contributed by atoms with van der Waals surface area (Å²) in [7, 11) is 1.64. The number of nitrogens with one attached hydrogen (secondary N) is 2. The minimum atomic E-state index is -0.156. The quantitative estimate of drug-likeness (QED) is 0.878. The second-order valence-electron chi connectivity index (χ2n) is 5.62. The second-order valence-corrected chi connectivity index (χ2v) is 6.57. The highest BCUT2D eigenvalue weighted by molar-refractivity contribution is 7.12. The molecule has 120 valence electrons. The molecule has 0 atom stereocenters. The van der Waals surface area contributed by atoms with Crippen molar-refractivity contribution in [3.05, 3.63) is 57.3 Å². The van der Waals surface area contributed by atoms with Crippen LogP contribution in [0.3, 0.4) is 0 Å². The number of carbonyl (C=O) groups is 2.